The van der Waals surface area contributed by atoms with Crippen LogP contribution in [0.1, 0.15) is 38.2 Å². The van der Waals surface area contributed by atoms with Gasteiger partial charge < -0.3 is 4.74 Å². The molecule has 1 heterocycles. The Morgan fingerprint density at radius 1 is 1.32 bits per heavy atom. The van der Waals surface area contributed by atoms with E-state index < -0.39 is 5.92 Å². The van der Waals surface area contributed by atoms with E-state index in [4.69, 9.17) is 16.3 Å². The maximum absolute atomic E-state index is 13.2. The molecule has 1 unspecified atom stereocenters. The Morgan fingerprint density at radius 2 is 2.00 bits per heavy atom. The van der Waals surface area contributed by atoms with Crippen molar-refractivity contribution in [2.24, 2.45) is 5.41 Å². The second kappa shape index (κ2) is 7.89. The minimum atomic E-state index is -0.534. The van der Waals surface area contributed by atoms with Crippen LogP contribution in [0.25, 0.3) is 0 Å². The molecule has 0 radical (unpaired) electrons. The number of nitrogens with zero attached hydrogens (tertiary/aromatic N) is 2. The Balaban J connectivity index is 2.28. The molecule has 0 saturated heterocycles. The van der Waals surface area contributed by atoms with Crippen molar-refractivity contribution in [1.82, 2.24) is 4.31 Å². The molecular formula is C21H19ClN2O3S. The monoisotopic (exact) mass is 414 g/mol. The lowest BCUT2D eigenvalue weighted by atomic mass is 9.69. The van der Waals surface area contributed by atoms with Gasteiger partial charge in [-0.2, -0.15) is 5.26 Å². The summed E-state index contributed by atoms with van der Waals surface area (Å²) < 4.78 is 7.24. The van der Waals surface area contributed by atoms with E-state index in [9.17, 15) is 14.9 Å². The number of benzene rings is 1. The van der Waals surface area contributed by atoms with Crippen molar-refractivity contribution in [2.45, 2.75) is 32.6 Å². The van der Waals surface area contributed by atoms with E-state index in [0.29, 0.717) is 34.9 Å². The van der Waals surface area contributed by atoms with E-state index in [1.165, 1.54) is 12.5 Å². The van der Waals surface area contributed by atoms with Crippen LogP contribution in [-0.2, 0) is 14.3 Å². The second-order valence-electron chi connectivity index (χ2n) is 7.46. The molecule has 1 aromatic rings. The summed E-state index contributed by atoms with van der Waals surface area (Å²) in [5.74, 6) is 1.52. The minimum Gasteiger partial charge on any atom is -0.481 e. The van der Waals surface area contributed by atoms with Crippen molar-refractivity contribution in [3.8, 4) is 6.07 Å². The van der Waals surface area contributed by atoms with Gasteiger partial charge in [-0.25, -0.2) is 4.79 Å². The third-order valence-electron chi connectivity index (χ3n) is 4.86. The molecule has 0 N–H and O–H groups in total. The first-order valence-corrected chi connectivity index (χ1v) is 9.90. The number of methoxy groups -OCH3 is 1. The van der Waals surface area contributed by atoms with Crippen LogP contribution in [0.5, 0.6) is 0 Å². The fourth-order valence-corrected chi connectivity index (χ4v) is 4.62. The van der Waals surface area contributed by atoms with Crippen LogP contribution in [0.2, 0.25) is 5.02 Å². The number of allylic oxidation sites excluding steroid dienone is 3. The Morgan fingerprint density at radius 3 is 2.57 bits per heavy atom. The summed E-state index contributed by atoms with van der Waals surface area (Å²) in [6, 6.07) is 9.35. The zero-order valence-electron chi connectivity index (χ0n) is 15.8. The van der Waals surface area contributed by atoms with Gasteiger partial charge in [-0.3, -0.25) is 9.10 Å². The van der Waals surface area contributed by atoms with E-state index in [-0.39, 0.29) is 11.2 Å². The largest absolute Gasteiger partial charge is 0.481 e. The van der Waals surface area contributed by atoms with Crippen molar-refractivity contribution in [3.05, 3.63) is 63.0 Å². The average Bonchev–Trinajstić information content (AvgIpc) is 2.65. The molecule has 0 aromatic heterocycles. The molecule has 7 heteroatoms. The molecule has 28 heavy (non-hydrogen) atoms. The van der Waals surface area contributed by atoms with Gasteiger partial charge in [-0.1, -0.05) is 37.6 Å². The minimum absolute atomic E-state index is 0.00483. The molecule has 5 nitrogen and oxygen atoms in total. The molecule has 3 rings (SSSR count). The van der Waals surface area contributed by atoms with Crippen LogP contribution in [0.4, 0.5) is 0 Å². The lowest BCUT2D eigenvalue weighted by molar-refractivity contribution is -0.118. The zero-order valence-corrected chi connectivity index (χ0v) is 17.4. The van der Waals surface area contributed by atoms with Crippen molar-refractivity contribution < 1.29 is 14.3 Å². The van der Waals surface area contributed by atoms with E-state index in [1.54, 1.807) is 22.4 Å². The fourth-order valence-electron chi connectivity index (χ4n) is 3.79. The summed E-state index contributed by atoms with van der Waals surface area (Å²) in [5.41, 5.74) is 2.21. The third-order valence-corrected chi connectivity index (χ3v) is 5.91. The Hall–Kier alpha value is -2.45. The van der Waals surface area contributed by atoms with Crippen LogP contribution >= 0.6 is 23.5 Å². The maximum Gasteiger partial charge on any atom is 0.219 e. The summed E-state index contributed by atoms with van der Waals surface area (Å²) in [5, 5.41) is 11.7. The Kier molecular flexibility index (Phi) is 5.71. The number of hydrogen-bond acceptors (Lipinski definition) is 6. The van der Waals surface area contributed by atoms with Gasteiger partial charge in [0.1, 0.15) is 17.6 Å². The molecule has 2 aliphatic rings. The third kappa shape index (κ3) is 3.62. The van der Waals surface area contributed by atoms with Gasteiger partial charge in [0, 0.05) is 22.7 Å². The van der Waals surface area contributed by atoms with Gasteiger partial charge in [0.25, 0.3) is 0 Å². The van der Waals surface area contributed by atoms with E-state index >= 15 is 0 Å². The molecular weight excluding hydrogens is 396 g/mol. The van der Waals surface area contributed by atoms with Gasteiger partial charge in [-0.15, -0.1) is 0 Å². The van der Waals surface area contributed by atoms with E-state index in [0.717, 1.165) is 23.2 Å². The Bertz CT molecular complexity index is 966. The van der Waals surface area contributed by atoms with Crippen molar-refractivity contribution >= 4 is 35.3 Å². The summed E-state index contributed by atoms with van der Waals surface area (Å²) in [7, 11) is 1.48. The molecule has 1 aromatic carbocycles. The summed E-state index contributed by atoms with van der Waals surface area (Å²) in [4.78, 5) is 24.0. The second-order valence-corrected chi connectivity index (χ2v) is 8.70. The normalized spacial score (nSPS) is 21.0. The van der Waals surface area contributed by atoms with Crippen molar-refractivity contribution in [1.29, 1.82) is 5.26 Å². The van der Waals surface area contributed by atoms with Crippen LogP contribution in [0, 0.1) is 16.7 Å². The molecule has 0 fully saturated rings. The van der Waals surface area contributed by atoms with Crippen molar-refractivity contribution in [2.75, 3.05) is 7.11 Å². The van der Waals surface area contributed by atoms with Crippen LogP contribution in [-0.4, -0.2) is 23.1 Å². The number of ether oxygens (including phenoxy) is 1. The van der Waals surface area contributed by atoms with Gasteiger partial charge in [0.2, 0.25) is 5.88 Å². The van der Waals surface area contributed by atoms with E-state index in [2.05, 4.69) is 6.07 Å². The molecule has 1 aliphatic carbocycles. The number of Topliss-reactive ketones (excluding diaryl/α,β-unsaturated/α-hetero) is 1. The van der Waals surface area contributed by atoms with Crippen LogP contribution < -0.4 is 0 Å². The smallest absolute Gasteiger partial charge is 0.219 e. The summed E-state index contributed by atoms with van der Waals surface area (Å²) in [6.07, 6.45) is 1.00. The molecule has 0 bridgehead atoms. The predicted octanol–water partition coefficient (Wildman–Crippen LogP) is 4.76. The highest BCUT2D eigenvalue weighted by Crippen LogP contribution is 2.51. The van der Waals surface area contributed by atoms with Crippen LogP contribution in [0.15, 0.2) is 52.4 Å². The first-order chi connectivity index (χ1) is 13.3. The Labute approximate surface area is 173 Å². The quantitative estimate of drug-likeness (QED) is 0.522. The zero-order chi connectivity index (χ0) is 20.5. The summed E-state index contributed by atoms with van der Waals surface area (Å²) >= 11 is 7.08. The van der Waals surface area contributed by atoms with Crippen LogP contribution in [0.3, 0.4) is 0 Å². The van der Waals surface area contributed by atoms with E-state index in [1.807, 2.05) is 26.0 Å². The number of nitriles is 1. The lowest BCUT2D eigenvalue weighted by Crippen LogP contribution is -2.37. The molecule has 144 valence electrons. The standard InChI is InChI=1S/C21H19ClN2O3S/c1-21(2)10-16-19(17(26)11-21)18(13-4-6-14(22)7-5-13)15(12-23)20(27-3)24(16)28-9-8-25/h4-7,9,18H,10-11H2,1-3H3. The SMILES string of the molecule is COC1=C(C#N)C(c2ccc(Cl)cc2)C2=C(CC(C)(C)CC2=O)N1SC=C=O. The molecule has 0 saturated carbocycles. The maximum atomic E-state index is 13.2. The molecule has 1 aliphatic heterocycles. The number of halogens is 1. The number of hydrogen-bond donors (Lipinski definition) is 0. The lowest BCUT2D eigenvalue weighted by Gasteiger charge is -2.42. The van der Waals surface area contributed by atoms with Gasteiger partial charge in [0.05, 0.1) is 18.4 Å². The number of carbonyl (C=O) groups excluding carboxylic acids is 2. The number of ketones is 1. The molecule has 1 atom stereocenters. The highest BCUT2D eigenvalue weighted by Gasteiger charge is 2.45. The fraction of sp³-hybridized carbons (Fsp3) is 0.333. The molecule has 0 amide bonds. The van der Waals surface area contributed by atoms with Gasteiger partial charge in [0.15, 0.2) is 5.78 Å². The predicted molar refractivity (Wildman–Crippen MR) is 109 cm³/mol. The average molecular weight is 415 g/mol. The van der Waals surface area contributed by atoms with Gasteiger partial charge >= 0.3 is 0 Å². The van der Waals surface area contributed by atoms with Gasteiger partial charge in [-0.05, 0) is 41.5 Å². The first-order valence-electron chi connectivity index (χ1n) is 8.69. The highest BCUT2D eigenvalue weighted by molar-refractivity contribution is 8.00. The number of carbonyl (C=O) groups is 1. The molecule has 0 spiro atoms. The highest BCUT2D eigenvalue weighted by atomic mass is 35.5. The number of rotatable bonds is 4. The van der Waals surface area contributed by atoms with Crippen molar-refractivity contribution in [3.63, 3.8) is 0 Å². The first kappa shape index (κ1) is 20.3. The topological polar surface area (TPSA) is 70.4 Å². The summed E-state index contributed by atoms with van der Waals surface area (Å²) in [6.45, 7) is 4.06.